The van der Waals surface area contributed by atoms with E-state index in [-0.39, 0.29) is 35.6 Å². The van der Waals surface area contributed by atoms with Crippen LogP contribution in [0.2, 0.25) is 5.02 Å². The van der Waals surface area contributed by atoms with Gasteiger partial charge in [0, 0.05) is 29.0 Å². The number of hydrogen-bond acceptors (Lipinski definition) is 3. The number of carboxylic acid groups (broad SMARTS) is 1. The molecule has 26 heavy (non-hydrogen) atoms. The third kappa shape index (κ3) is 2.69. The Morgan fingerprint density at radius 3 is 2.73 bits per heavy atom. The van der Waals surface area contributed by atoms with Gasteiger partial charge in [-0.25, -0.2) is 13.6 Å². The summed E-state index contributed by atoms with van der Waals surface area (Å²) in [5, 5.41) is 12.6. The van der Waals surface area contributed by atoms with Crippen molar-refractivity contribution in [2.24, 2.45) is 0 Å². The molecular formula is C19H16ClF2NO3. The predicted molar refractivity (Wildman–Crippen MR) is 93.6 cm³/mol. The molecule has 4 rings (SSSR count). The van der Waals surface area contributed by atoms with Gasteiger partial charge in [0.15, 0.2) is 0 Å². The number of alkyl halides is 2. The molecule has 0 radical (unpaired) electrons. The Balaban J connectivity index is 1.74. The molecule has 1 unspecified atom stereocenters. The number of halogens is 3. The molecule has 1 aliphatic carbocycles. The highest BCUT2D eigenvalue weighted by molar-refractivity contribution is 6.30. The number of benzene rings is 2. The third-order valence-electron chi connectivity index (χ3n) is 5.21. The lowest BCUT2D eigenvalue weighted by molar-refractivity contribution is -0.0355. The highest BCUT2D eigenvalue weighted by atomic mass is 35.5. The van der Waals surface area contributed by atoms with Crippen LogP contribution in [0.4, 0.5) is 14.5 Å². The fraction of sp³-hybridized carbons (Fsp3) is 0.316. The smallest absolute Gasteiger partial charge is 0.335 e. The fourth-order valence-corrected chi connectivity index (χ4v) is 3.91. The van der Waals surface area contributed by atoms with E-state index in [1.165, 1.54) is 18.2 Å². The van der Waals surface area contributed by atoms with Crippen LogP contribution in [0.15, 0.2) is 36.4 Å². The molecule has 1 heterocycles. The summed E-state index contributed by atoms with van der Waals surface area (Å²) in [6.07, 6.45) is -0.0382. The predicted octanol–water partition coefficient (Wildman–Crippen LogP) is 4.67. The summed E-state index contributed by atoms with van der Waals surface area (Å²) in [6.45, 7) is 0.595. The minimum atomic E-state index is -2.93. The van der Waals surface area contributed by atoms with E-state index in [1.807, 2.05) is 0 Å². The Kier molecular flexibility index (Phi) is 3.84. The van der Waals surface area contributed by atoms with Gasteiger partial charge in [-0.15, -0.1) is 0 Å². The van der Waals surface area contributed by atoms with Gasteiger partial charge in [-0.3, -0.25) is 0 Å². The molecule has 1 atom stereocenters. The van der Waals surface area contributed by atoms with Crippen LogP contribution in [0.3, 0.4) is 0 Å². The second-order valence-corrected chi connectivity index (χ2v) is 7.27. The molecule has 0 fully saturated rings. The lowest BCUT2D eigenvalue weighted by Gasteiger charge is -2.40. The third-order valence-corrected chi connectivity index (χ3v) is 5.45. The fourth-order valence-electron chi connectivity index (χ4n) is 3.74. The number of aromatic carboxylic acids is 1. The van der Waals surface area contributed by atoms with Gasteiger partial charge in [-0.2, -0.15) is 0 Å². The first kappa shape index (κ1) is 17.1. The summed E-state index contributed by atoms with van der Waals surface area (Å²) < 4.78 is 34.8. The van der Waals surface area contributed by atoms with E-state index < -0.39 is 17.3 Å². The Hall–Kier alpha value is -2.34. The first-order valence-corrected chi connectivity index (χ1v) is 8.61. The average molecular weight is 380 g/mol. The molecule has 0 saturated carbocycles. The van der Waals surface area contributed by atoms with E-state index in [9.17, 15) is 13.6 Å². The molecule has 2 aliphatic rings. The van der Waals surface area contributed by atoms with Crippen molar-refractivity contribution in [3.05, 3.63) is 58.1 Å². The van der Waals surface area contributed by atoms with Gasteiger partial charge < -0.3 is 15.2 Å². The molecule has 4 nitrogen and oxygen atoms in total. The monoisotopic (exact) mass is 379 g/mol. The van der Waals surface area contributed by atoms with Gasteiger partial charge in [0.25, 0.3) is 5.92 Å². The van der Waals surface area contributed by atoms with Crippen LogP contribution in [-0.2, 0) is 11.3 Å². The average Bonchev–Trinajstić information content (AvgIpc) is 2.79. The van der Waals surface area contributed by atoms with E-state index in [0.717, 1.165) is 0 Å². The van der Waals surface area contributed by atoms with Crippen molar-refractivity contribution in [2.45, 2.75) is 24.2 Å². The summed E-state index contributed by atoms with van der Waals surface area (Å²) in [6, 6.07) is 9.14. The number of ether oxygens (including phenoxy) is 1. The number of carbonyl (C=O) groups is 1. The van der Waals surface area contributed by atoms with E-state index in [4.69, 9.17) is 21.4 Å². The lowest BCUT2D eigenvalue weighted by atomic mass is 9.69. The minimum absolute atomic E-state index is 0.0566. The normalized spacial score (nSPS) is 23.2. The molecule has 2 aromatic carbocycles. The number of carboxylic acids is 1. The lowest BCUT2D eigenvalue weighted by Crippen LogP contribution is -2.44. The molecule has 0 aromatic heterocycles. The maximum absolute atomic E-state index is 14.4. The van der Waals surface area contributed by atoms with Gasteiger partial charge in [0.05, 0.1) is 17.9 Å². The maximum atomic E-state index is 14.4. The topological polar surface area (TPSA) is 58.6 Å². The Labute approximate surface area is 153 Å². The van der Waals surface area contributed by atoms with Crippen LogP contribution in [0.1, 0.15) is 34.3 Å². The van der Waals surface area contributed by atoms with E-state index in [0.29, 0.717) is 23.5 Å². The van der Waals surface area contributed by atoms with Crippen molar-refractivity contribution in [1.29, 1.82) is 0 Å². The highest BCUT2D eigenvalue weighted by Gasteiger charge is 2.49. The van der Waals surface area contributed by atoms with E-state index in [1.54, 1.807) is 18.2 Å². The van der Waals surface area contributed by atoms with Gasteiger partial charge in [-0.05, 0) is 42.3 Å². The van der Waals surface area contributed by atoms with Gasteiger partial charge in [0.2, 0.25) is 0 Å². The summed E-state index contributed by atoms with van der Waals surface area (Å²) in [7, 11) is 0. The quantitative estimate of drug-likeness (QED) is 0.756. The largest absolute Gasteiger partial charge is 0.490 e. The zero-order chi connectivity index (χ0) is 18.5. The van der Waals surface area contributed by atoms with Gasteiger partial charge in [-0.1, -0.05) is 17.7 Å². The van der Waals surface area contributed by atoms with Crippen molar-refractivity contribution in [1.82, 2.24) is 0 Å². The standard InChI is InChI=1S/C19H16ClF2NO3/c20-12-2-3-13-14(8-12)19(21,22)6-5-18(13)9-23-15-7-11(17(24)25)1-4-16(15)26-10-18/h1-4,7-8,23H,5-6,9-10H2,(H,24,25). The zero-order valence-corrected chi connectivity index (χ0v) is 14.4. The van der Waals surface area contributed by atoms with Crippen LogP contribution in [-0.4, -0.2) is 24.2 Å². The molecule has 0 bridgehead atoms. The van der Waals surface area contributed by atoms with E-state index in [2.05, 4.69) is 5.32 Å². The second-order valence-electron chi connectivity index (χ2n) is 6.83. The van der Waals surface area contributed by atoms with Gasteiger partial charge >= 0.3 is 5.97 Å². The molecule has 2 N–H and O–H groups in total. The highest BCUT2D eigenvalue weighted by Crippen LogP contribution is 2.50. The summed E-state index contributed by atoms with van der Waals surface area (Å²) in [4.78, 5) is 11.2. The molecule has 7 heteroatoms. The first-order valence-electron chi connectivity index (χ1n) is 8.23. The van der Waals surface area contributed by atoms with Crippen LogP contribution >= 0.6 is 11.6 Å². The molecule has 2 aromatic rings. The summed E-state index contributed by atoms with van der Waals surface area (Å²) in [5.74, 6) is -3.45. The van der Waals surface area contributed by atoms with E-state index >= 15 is 0 Å². The van der Waals surface area contributed by atoms with Crippen LogP contribution in [0.5, 0.6) is 5.75 Å². The Morgan fingerprint density at radius 1 is 1.15 bits per heavy atom. The van der Waals surface area contributed by atoms with Crippen molar-refractivity contribution < 1.29 is 23.4 Å². The molecule has 0 saturated heterocycles. The Bertz CT molecular complexity index is 902. The SMILES string of the molecule is O=C(O)c1ccc2c(c1)NCC1(CCC(F)(F)c3cc(Cl)ccc31)CO2. The van der Waals surface area contributed by atoms with Crippen molar-refractivity contribution in [3.8, 4) is 5.75 Å². The molecule has 136 valence electrons. The number of nitrogens with one attached hydrogen (secondary N) is 1. The van der Waals surface area contributed by atoms with Gasteiger partial charge in [0.1, 0.15) is 5.75 Å². The second kappa shape index (κ2) is 5.84. The van der Waals surface area contributed by atoms with Crippen molar-refractivity contribution >= 4 is 23.3 Å². The molecule has 1 spiro atoms. The number of hydrogen-bond donors (Lipinski definition) is 2. The molecular weight excluding hydrogens is 364 g/mol. The van der Waals surface area contributed by atoms with Crippen LogP contribution in [0.25, 0.3) is 0 Å². The molecule has 1 aliphatic heterocycles. The van der Waals surface area contributed by atoms with Crippen LogP contribution in [0, 0.1) is 0 Å². The number of anilines is 1. The molecule has 0 amide bonds. The van der Waals surface area contributed by atoms with Crippen molar-refractivity contribution in [2.75, 3.05) is 18.5 Å². The summed E-state index contributed by atoms with van der Waals surface area (Å²) in [5.41, 5.74) is 0.521. The minimum Gasteiger partial charge on any atom is -0.490 e. The Morgan fingerprint density at radius 2 is 1.96 bits per heavy atom. The van der Waals surface area contributed by atoms with Crippen molar-refractivity contribution in [3.63, 3.8) is 0 Å². The maximum Gasteiger partial charge on any atom is 0.335 e. The number of rotatable bonds is 1. The first-order chi connectivity index (χ1) is 12.3. The van der Waals surface area contributed by atoms with Crippen LogP contribution < -0.4 is 10.1 Å². The summed E-state index contributed by atoms with van der Waals surface area (Å²) >= 11 is 5.95. The number of fused-ring (bicyclic) bond motifs is 3. The zero-order valence-electron chi connectivity index (χ0n) is 13.7.